The molecule has 2 aromatic rings. The molecule has 1 aromatic carbocycles. The van der Waals surface area contributed by atoms with Crippen LogP contribution >= 0.6 is 15.9 Å². The summed E-state index contributed by atoms with van der Waals surface area (Å²) in [7, 11) is 0. The summed E-state index contributed by atoms with van der Waals surface area (Å²) in [5, 5.41) is 9.01. The van der Waals surface area contributed by atoms with E-state index < -0.39 is 23.5 Å². The second-order valence-electron chi connectivity index (χ2n) is 6.51. The SMILES string of the molecule is CC(C)(CC#N)Cn1cc([C@H](N)C(F)(F)F)c2cc(F)c(Br)cc21. The molecule has 1 heterocycles. The van der Waals surface area contributed by atoms with Crippen molar-refractivity contribution in [3.63, 3.8) is 0 Å². The molecule has 0 radical (unpaired) electrons. The van der Waals surface area contributed by atoms with Crippen LogP contribution in [0.3, 0.4) is 0 Å². The molecule has 0 aliphatic rings. The summed E-state index contributed by atoms with van der Waals surface area (Å²) >= 11 is 3.05. The standard InChI is InChI=1S/C16H16BrF4N3/c1-15(2,3-4-22)8-24-7-10(14(23)16(19,20)21)9-5-12(18)11(17)6-13(9)24/h5-7,14H,3,8,23H2,1-2H3/t14-/m0/s1. The maximum absolute atomic E-state index is 13.8. The molecule has 0 unspecified atom stereocenters. The number of hydrogen-bond acceptors (Lipinski definition) is 2. The van der Waals surface area contributed by atoms with Gasteiger partial charge in [-0.2, -0.15) is 18.4 Å². The van der Waals surface area contributed by atoms with Gasteiger partial charge in [0.05, 0.1) is 10.5 Å². The summed E-state index contributed by atoms with van der Waals surface area (Å²) in [6.45, 7) is 3.98. The van der Waals surface area contributed by atoms with E-state index >= 15 is 0 Å². The lowest BCUT2D eigenvalue weighted by Gasteiger charge is -2.22. The summed E-state index contributed by atoms with van der Waals surface area (Å²) in [6, 6.07) is 2.34. The van der Waals surface area contributed by atoms with Crippen LogP contribution in [-0.2, 0) is 6.54 Å². The van der Waals surface area contributed by atoms with Gasteiger partial charge in [-0.25, -0.2) is 4.39 Å². The predicted molar refractivity (Wildman–Crippen MR) is 86.6 cm³/mol. The lowest BCUT2D eigenvalue weighted by molar-refractivity contribution is -0.148. The number of rotatable bonds is 4. The van der Waals surface area contributed by atoms with Gasteiger partial charge in [0.15, 0.2) is 0 Å². The van der Waals surface area contributed by atoms with E-state index in [4.69, 9.17) is 11.0 Å². The van der Waals surface area contributed by atoms with Crippen molar-refractivity contribution in [3.8, 4) is 6.07 Å². The Bertz CT molecular complexity index is 802. The molecule has 1 aromatic heterocycles. The van der Waals surface area contributed by atoms with Gasteiger partial charge >= 0.3 is 6.18 Å². The Morgan fingerprint density at radius 1 is 1.33 bits per heavy atom. The smallest absolute Gasteiger partial charge is 0.347 e. The van der Waals surface area contributed by atoms with Crippen LogP contribution < -0.4 is 5.73 Å². The highest BCUT2D eigenvalue weighted by Gasteiger charge is 2.39. The van der Waals surface area contributed by atoms with Crippen LogP contribution in [0, 0.1) is 22.6 Å². The highest BCUT2D eigenvalue weighted by Crippen LogP contribution is 2.38. The quantitative estimate of drug-likeness (QED) is 0.723. The third-order valence-electron chi connectivity index (χ3n) is 3.80. The molecular formula is C16H16BrF4N3. The Morgan fingerprint density at radius 2 is 1.96 bits per heavy atom. The highest BCUT2D eigenvalue weighted by atomic mass is 79.9. The lowest BCUT2D eigenvalue weighted by Crippen LogP contribution is -2.28. The molecule has 0 saturated heterocycles. The average Bonchev–Trinajstić information content (AvgIpc) is 2.75. The third-order valence-corrected chi connectivity index (χ3v) is 4.41. The van der Waals surface area contributed by atoms with Crippen molar-refractivity contribution in [1.82, 2.24) is 4.57 Å². The number of halogens is 5. The van der Waals surface area contributed by atoms with E-state index in [9.17, 15) is 17.6 Å². The monoisotopic (exact) mass is 405 g/mol. The molecule has 0 amide bonds. The largest absolute Gasteiger partial charge is 0.407 e. The van der Waals surface area contributed by atoms with Crippen molar-refractivity contribution < 1.29 is 17.6 Å². The summed E-state index contributed by atoms with van der Waals surface area (Å²) in [5.41, 5.74) is 5.13. The fourth-order valence-electron chi connectivity index (χ4n) is 2.60. The van der Waals surface area contributed by atoms with Crippen molar-refractivity contribution in [2.24, 2.45) is 11.1 Å². The average molecular weight is 406 g/mol. The zero-order valence-electron chi connectivity index (χ0n) is 13.1. The minimum atomic E-state index is -4.63. The van der Waals surface area contributed by atoms with Gasteiger partial charge in [-0.15, -0.1) is 0 Å². The zero-order chi connectivity index (χ0) is 18.3. The van der Waals surface area contributed by atoms with Gasteiger partial charge in [-0.1, -0.05) is 13.8 Å². The molecule has 24 heavy (non-hydrogen) atoms. The summed E-state index contributed by atoms with van der Waals surface area (Å²) in [5.74, 6) is -0.660. The van der Waals surface area contributed by atoms with Gasteiger partial charge in [0.1, 0.15) is 11.9 Å². The van der Waals surface area contributed by atoms with Crippen LogP contribution in [0.4, 0.5) is 17.6 Å². The molecule has 0 spiro atoms. The number of alkyl halides is 3. The number of benzene rings is 1. The number of fused-ring (bicyclic) bond motifs is 1. The highest BCUT2D eigenvalue weighted by molar-refractivity contribution is 9.10. The van der Waals surface area contributed by atoms with Gasteiger partial charge in [0.2, 0.25) is 0 Å². The second-order valence-corrected chi connectivity index (χ2v) is 7.37. The summed E-state index contributed by atoms with van der Waals surface area (Å²) in [6.07, 6.45) is -3.10. The molecule has 0 saturated carbocycles. The molecule has 2 rings (SSSR count). The number of aromatic nitrogens is 1. The molecular weight excluding hydrogens is 390 g/mol. The summed E-state index contributed by atoms with van der Waals surface area (Å²) in [4.78, 5) is 0. The van der Waals surface area contributed by atoms with Crippen LogP contribution in [-0.4, -0.2) is 10.7 Å². The summed E-state index contributed by atoms with van der Waals surface area (Å²) < 4.78 is 54.7. The van der Waals surface area contributed by atoms with Gasteiger partial charge < -0.3 is 10.3 Å². The van der Waals surface area contributed by atoms with E-state index in [1.54, 1.807) is 4.57 Å². The van der Waals surface area contributed by atoms with Crippen molar-refractivity contribution in [2.45, 2.75) is 39.0 Å². The van der Waals surface area contributed by atoms with E-state index in [-0.39, 0.29) is 21.8 Å². The molecule has 0 bridgehead atoms. The molecule has 8 heteroatoms. The Hall–Kier alpha value is -1.59. The predicted octanol–water partition coefficient (Wildman–Crippen LogP) is 5.04. The molecule has 0 fully saturated rings. The number of nitriles is 1. The normalized spacial score (nSPS) is 14.0. The van der Waals surface area contributed by atoms with E-state index in [0.717, 1.165) is 6.07 Å². The first-order valence-electron chi connectivity index (χ1n) is 7.13. The molecule has 0 aliphatic heterocycles. The molecule has 0 aliphatic carbocycles. The van der Waals surface area contributed by atoms with Gasteiger partial charge in [-0.05, 0) is 33.5 Å². The number of hydrogen-bond donors (Lipinski definition) is 1. The molecule has 1 atom stereocenters. The van der Waals surface area contributed by atoms with Gasteiger partial charge in [-0.3, -0.25) is 0 Å². The molecule has 3 nitrogen and oxygen atoms in total. The minimum absolute atomic E-state index is 0.119. The zero-order valence-corrected chi connectivity index (χ0v) is 14.7. The maximum atomic E-state index is 13.8. The first-order chi connectivity index (χ1) is 11.0. The van der Waals surface area contributed by atoms with E-state index in [2.05, 4.69) is 22.0 Å². The fourth-order valence-corrected chi connectivity index (χ4v) is 2.93. The van der Waals surface area contributed by atoms with Crippen LogP contribution in [0.2, 0.25) is 0 Å². The Kier molecular flexibility index (Phi) is 4.98. The molecule has 130 valence electrons. The number of nitrogens with zero attached hydrogens (tertiary/aromatic N) is 2. The van der Waals surface area contributed by atoms with Crippen molar-refractivity contribution in [2.75, 3.05) is 0 Å². The van der Waals surface area contributed by atoms with E-state index in [1.807, 2.05) is 13.8 Å². The first kappa shape index (κ1) is 18.7. The Balaban J connectivity index is 2.64. The van der Waals surface area contributed by atoms with Crippen LogP contribution in [0.25, 0.3) is 10.9 Å². The topological polar surface area (TPSA) is 54.7 Å². The van der Waals surface area contributed by atoms with Crippen LogP contribution in [0.5, 0.6) is 0 Å². The second kappa shape index (κ2) is 6.37. The molecule has 2 N–H and O–H groups in total. The van der Waals surface area contributed by atoms with Crippen molar-refractivity contribution >= 4 is 26.8 Å². The first-order valence-corrected chi connectivity index (χ1v) is 7.92. The van der Waals surface area contributed by atoms with Crippen molar-refractivity contribution in [1.29, 1.82) is 5.26 Å². The van der Waals surface area contributed by atoms with Gasteiger partial charge in [0, 0.05) is 35.6 Å². The fraction of sp³-hybridized carbons (Fsp3) is 0.438. The van der Waals surface area contributed by atoms with Crippen molar-refractivity contribution in [3.05, 3.63) is 34.2 Å². The number of nitrogens with two attached hydrogens (primary N) is 1. The Labute approximate surface area is 145 Å². The van der Waals surface area contributed by atoms with E-state index in [0.29, 0.717) is 12.1 Å². The third kappa shape index (κ3) is 3.73. The van der Waals surface area contributed by atoms with Crippen LogP contribution in [0.1, 0.15) is 31.9 Å². The van der Waals surface area contributed by atoms with E-state index in [1.165, 1.54) is 12.3 Å². The lowest BCUT2D eigenvalue weighted by atomic mass is 9.90. The Morgan fingerprint density at radius 3 is 2.50 bits per heavy atom. The minimum Gasteiger partial charge on any atom is -0.347 e. The van der Waals surface area contributed by atoms with Gasteiger partial charge in [0.25, 0.3) is 0 Å². The van der Waals surface area contributed by atoms with Crippen LogP contribution in [0.15, 0.2) is 22.8 Å². The maximum Gasteiger partial charge on any atom is 0.407 e.